The van der Waals surface area contributed by atoms with Crippen molar-refractivity contribution >= 4 is 27.5 Å². The third-order valence-corrected chi connectivity index (χ3v) is 4.25. The van der Waals surface area contributed by atoms with E-state index in [1.54, 1.807) is 24.0 Å². The quantitative estimate of drug-likeness (QED) is 0.711. The van der Waals surface area contributed by atoms with Crippen LogP contribution in [0.4, 0.5) is 13.2 Å². The molecule has 0 bridgehead atoms. The number of aryl methyl sites for hydroxylation is 2. The second kappa shape index (κ2) is 6.14. The van der Waals surface area contributed by atoms with Crippen molar-refractivity contribution in [2.75, 3.05) is 0 Å². The van der Waals surface area contributed by atoms with E-state index in [0.717, 1.165) is 11.8 Å². The summed E-state index contributed by atoms with van der Waals surface area (Å²) in [6.45, 7) is 1.60. The number of rotatable bonds is 3. The second-order valence-electron chi connectivity index (χ2n) is 5.31. The molecule has 3 aromatic rings. The SMILES string of the molecule is Cc1cc(C(F)(F)F)n2nc(C(=O)NCc3ccnn3C)c(Br)c2n1. The van der Waals surface area contributed by atoms with Crippen LogP contribution >= 0.6 is 15.9 Å². The largest absolute Gasteiger partial charge is 0.433 e. The van der Waals surface area contributed by atoms with Gasteiger partial charge in [-0.3, -0.25) is 9.48 Å². The highest BCUT2D eigenvalue weighted by Gasteiger charge is 2.36. The third kappa shape index (κ3) is 3.23. The van der Waals surface area contributed by atoms with Crippen molar-refractivity contribution in [2.24, 2.45) is 7.05 Å². The maximum Gasteiger partial charge on any atom is 0.433 e. The molecule has 3 rings (SSSR count). The summed E-state index contributed by atoms with van der Waals surface area (Å²) in [4.78, 5) is 16.4. The van der Waals surface area contributed by atoms with Gasteiger partial charge < -0.3 is 5.32 Å². The molecule has 0 fully saturated rings. The number of alkyl halides is 3. The lowest BCUT2D eigenvalue weighted by Crippen LogP contribution is -2.25. The molecule has 11 heteroatoms. The van der Waals surface area contributed by atoms with Crippen LogP contribution in [0.25, 0.3) is 5.65 Å². The molecule has 0 saturated heterocycles. The molecule has 3 heterocycles. The van der Waals surface area contributed by atoms with E-state index in [1.807, 2.05) is 0 Å². The zero-order valence-electron chi connectivity index (χ0n) is 13.1. The van der Waals surface area contributed by atoms with Crippen LogP contribution in [-0.2, 0) is 19.8 Å². The Labute approximate surface area is 148 Å². The number of aromatic nitrogens is 5. The molecule has 0 aromatic carbocycles. The standard InChI is InChI=1S/C14H12BrF3N6O/c1-7-5-9(14(16,17)18)24-12(21-7)10(15)11(22-24)13(25)19-6-8-3-4-20-23(8)2/h3-5H,6H2,1-2H3,(H,19,25). The Morgan fingerprint density at radius 3 is 2.72 bits per heavy atom. The van der Waals surface area contributed by atoms with E-state index in [1.165, 1.54) is 6.92 Å². The van der Waals surface area contributed by atoms with Crippen molar-refractivity contribution in [3.8, 4) is 0 Å². The van der Waals surface area contributed by atoms with Gasteiger partial charge in [0.05, 0.1) is 16.7 Å². The molecule has 7 nitrogen and oxygen atoms in total. The highest BCUT2D eigenvalue weighted by atomic mass is 79.9. The smallest absolute Gasteiger partial charge is 0.345 e. The van der Waals surface area contributed by atoms with E-state index < -0.39 is 17.8 Å². The van der Waals surface area contributed by atoms with E-state index in [9.17, 15) is 18.0 Å². The Bertz CT molecular complexity index is 962. The van der Waals surface area contributed by atoms with E-state index in [2.05, 4.69) is 36.4 Å². The van der Waals surface area contributed by atoms with Gasteiger partial charge in [0.2, 0.25) is 0 Å². The fraction of sp³-hybridized carbons (Fsp3) is 0.286. The summed E-state index contributed by atoms with van der Waals surface area (Å²) in [5.41, 5.74) is -0.342. The molecule has 0 spiro atoms. The van der Waals surface area contributed by atoms with Gasteiger partial charge in [0, 0.05) is 18.9 Å². The van der Waals surface area contributed by atoms with Crippen molar-refractivity contribution < 1.29 is 18.0 Å². The number of halogens is 4. The van der Waals surface area contributed by atoms with Gasteiger partial charge in [0.25, 0.3) is 5.91 Å². The van der Waals surface area contributed by atoms with E-state index in [0.29, 0.717) is 4.52 Å². The molecule has 0 unspecified atom stereocenters. The van der Waals surface area contributed by atoms with Crippen LogP contribution in [0.5, 0.6) is 0 Å². The molecule has 1 N–H and O–H groups in total. The molecule has 25 heavy (non-hydrogen) atoms. The minimum atomic E-state index is -4.63. The van der Waals surface area contributed by atoms with Crippen LogP contribution in [0, 0.1) is 6.92 Å². The van der Waals surface area contributed by atoms with Crippen LogP contribution in [0.15, 0.2) is 22.8 Å². The first-order chi connectivity index (χ1) is 11.7. The Morgan fingerprint density at radius 2 is 2.12 bits per heavy atom. The van der Waals surface area contributed by atoms with Gasteiger partial charge in [-0.25, -0.2) is 9.50 Å². The first-order valence-electron chi connectivity index (χ1n) is 7.06. The van der Waals surface area contributed by atoms with Gasteiger partial charge >= 0.3 is 6.18 Å². The second-order valence-corrected chi connectivity index (χ2v) is 6.10. The predicted octanol–water partition coefficient (Wildman–Crippen LogP) is 2.48. The zero-order chi connectivity index (χ0) is 18.4. The summed E-state index contributed by atoms with van der Waals surface area (Å²) in [5.74, 6) is -0.621. The summed E-state index contributed by atoms with van der Waals surface area (Å²) < 4.78 is 41.9. The Kier molecular flexibility index (Phi) is 4.27. The fourth-order valence-corrected chi connectivity index (χ4v) is 2.81. The molecule has 3 aromatic heterocycles. The first-order valence-corrected chi connectivity index (χ1v) is 7.86. The van der Waals surface area contributed by atoms with Crippen LogP contribution in [0.2, 0.25) is 0 Å². The topological polar surface area (TPSA) is 77.1 Å². The van der Waals surface area contributed by atoms with Crippen LogP contribution in [-0.4, -0.2) is 30.3 Å². The lowest BCUT2D eigenvalue weighted by molar-refractivity contribution is -0.142. The average molecular weight is 417 g/mol. The summed E-state index contributed by atoms with van der Waals surface area (Å²) in [5, 5.41) is 10.4. The molecule has 0 atom stereocenters. The van der Waals surface area contributed by atoms with Crippen molar-refractivity contribution in [3.63, 3.8) is 0 Å². The maximum atomic E-state index is 13.2. The molecular formula is C14H12BrF3N6O. The van der Waals surface area contributed by atoms with Crippen LogP contribution in [0.1, 0.15) is 27.6 Å². The normalized spacial score (nSPS) is 11.9. The third-order valence-electron chi connectivity index (χ3n) is 3.52. The minimum absolute atomic E-state index is 0.0713. The lowest BCUT2D eigenvalue weighted by atomic mass is 10.3. The number of nitrogens with zero attached hydrogens (tertiary/aromatic N) is 5. The Hall–Kier alpha value is -2.43. The molecular weight excluding hydrogens is 405 g/mol. The number of hydrogen-bond donors (Lipinski definition) is 1. The van der Waals surface area contributed by atoms with E-state index in [4.69, 9.17) is 0 Å². The highest BCUT2D eigenvalue weighted by Crippen LogP contribution is 2.32. The molecule has 132 valence electrons. The van der Waals surface area contributed by atoms with Crippen molar-refractivity contribution in [1.29, 1.82) is 0 Å². The fourth-order valence-electron chi connectivity index (χ4n) is 2.29. The minimum Gasteiger partial charge on any atom is -0.345 e. The van der Waals surface area contributed by atoms with Gasteiger partial charge in [-0.1, -0.05) is 0 Å². The molecule has 1 amide bonds. The van der Waals surface area contributed by atoms with Gasteiger partial charge in [-0.2, -0.15) is 23.4 Å². The summed E-state index contributed by atoms with van der Waals surface area (Å²) in [7, 11) is 1.71. The van der Waals surface area contributed by atoms with Gasteiger partial charge in [-0.15, -0.1) is 0 Å². The molecule has 0 aliphatic rings. The van der Waals surface area contributed by atoms with E-state index >= 15 is 0 Å². The molecule has 0 aliphatic heterocycles. The number of carbonyl (C=O) groups excluding carboxylic acids is 1. The Morgan fingerprint density at radius 1 is 1.40 bits per heavy atom. The number of carbonyl (C=O) groups is 1. The Balaban J connectivity index is 1.98. The van der Waals surface area contributed by atoms with Gasteiger partial charge in [0.15, 0.2) is 11.3 Å². The number of amides is 1. The number of hydrogen-bond acceptors (Lipinski definition) is 4. The monoisotopic (exact) mass is 416 g/mol. The van der Waals surface area contributed by atoms with Crippen molar-refractivity contribution in [3.05, 3.63) is 45.6 Å². The first kappa shape index (κ1) is 17.4. The summed E-state index contributed by atoms with van der Waals surface area (Å²) >= 11 is 3.13. The highest BCUT2D eigenvalue weighted by molar-refractivity contribution is 9.10. The maximum absolute atomic E-state index is 13.2. The average Bonchev–Trinajstić information content (AvgIpc) is 3.07. The van der Waals surface area contributed by atoms with Crippen LogP contribution in [0.3, 0.4) is 0 Å². The molecule has 0 aliphatic carbocycles. The van der Waals surface area contributed by atoms with Crippen molar-refractivity contribution in [1.82, 2.24) is 29.7 Å². The summed E-state index contributed by atoms with van der Waals surface area (Å²) in [6, 6.07) is 2.59. The van der Waals surface area contributed by atoms with E-state index in [-0.39, 0.29) is 28.1 Å². The predicted molar refractivity (Wildman–Crippen MR) is 84.8 cm³/mol. The van der Waals surface area contributed by atoms with Crippen molar-refractivity contribution in [2.45, 2.75) is 19.6 Å². The van der Waals surface area contributed by atoms with Gasteiger partial charge in [-0.05, 0) is 35.0 Å². The lowest BCUT2D eigenvalue weighted by Gasteiger charge is -2.09. The zero-order valence-corrected chi connectivity index (χ0v) is 14.7. The summed E-state index contributed by atoms with van der Waals surface area (Å²) in [6.07, 6.45) is -3.05. The number of nitrogens with one attached hydrogen (secondary N) is 1. The molecule has 0 saturated carbocycles. The number of fused-ring (bicyclic) bond motifs is 1. The van der Waals surface area contributed by atoms with Gasteiger partial charge in [0.1, 0.15) is 5.69 Å². The van der Waals surface area contributed by atoms with Crippen LogP contribution < -0.4 is 5.32 Å². The molecule has 0 radical (unpaired) electrons.